The zero-order chi connectivity index (χ0) is 12.5. The van der Waals surface area contributed by atoms with Crippen LogP contribution in [0.2, 0.25) is 5.28 Å². The molecule has 0 radical (unpaired) electrons. The van der Waals surface area contributed by atoms with Crippen molar-refractivity contribution >= 4 is 17.4 Å². The Labute approximate surface area is 111 Å². The number of hydrogen-bond donors (Lipinski definition) is 0. The molecule has 0 aromatic carbocycles. The Morgan fingerprint density at radius 1 is 1.28 bits per heavy atom. The minimum absolute atomic E-state index is 0.110. The summed E-state index contributed by atoms with van der Waals surface area (Å²) in [5.74, 6) is -0.0328. The number of fused-ring (bicyclic) bond motifs is 1. The van der Waals surface area contributed by atoms with Crippen molar-refractivity contribution in [3.05, 3.63) is 17.3 Å². The molecule has 0 saturated carbocycles. The van der Waals surface area contributed by atoms with Crippen molar-refractivity contribution in [3.63, 3.8) is 0 Å². The largest absolute Gasteiger partial charge is 0.352 e. The second kappa shape index (κ2) is 4.97. The van der Waals surface area contributed by atoms with E-state index in [0.29, 0.717) is 11.9 Å². The Morgan fingerprint density at radius 3 is 3.00 bits per heavy atom. The molecule has 0 bridgehead atoms. The summed E-state index contributed by atoms with van der Waals surface area (Å²) >= 11 is 5.76. The molecule has 2 aliphatic heterocycles. The molecule has 0 aliphatic carbocycles. The van der Waals surface area contributed by atoms with Gasteiger partial charge < -0.3 is 4.90 Å². The number of nitrogens with zero attached hydrogens (tertiary/aromatic N) is 4. The Hall–Kier alpha value is -0.940. The third-order valence-corrected chi connectivity index (χ3v) is 3.98. The van der Waals surface area contributed by atoms with Gasteiger partial charge in [-0.3, -0.25) is 4.90 Å². The van der Waals surface area contributed by atoms with Gasteiger partial charge in [0.25, 0.3) is 0 Å². The highest BCUT2D eigenvalue weighted by atomic mass is 35.5. The van der Waals surface area contributed by atoms with Crippen molar-refractivity contribution in [1.82, 2.24) is 14.9 Å². The highest BCUT2D eigenvalue weighted by Crippen LogP contribution is 2.25. The van der Waals surface area contributed by atoms with E-state index in [9.17, 15) is 4.39 Å². The molecule has 3 rings (SSSR count). The van der Waals surface area contributed by atoms with Gasteiger partial charge in [-0.15, -0.1) is 0 Å². The van der Waals surface area contributed by atoms with E-state index < -0.39 is 0 Å². The fourth-order valence-electron chi connectivity index (χ4n) is 2.96. The normalized spacial score (nSPS) is 25.0. The van der Waals surface area contributed by atoms with Crippen LogP contribution in [0.25, 0.3) is 0 Å². The number of hydrogen-bond acceptors (Lipinski definition) is 4. The molecule has 18 heavy (non-hydrogen) atoms. The van der Waals surface area contributed by atoms with Crippen LogP contribution in [0.5, 0.6) is 0 Å². The van der Waals surface area contributed by atoms with Gasteiger partial charge in [0.1, 0.15) is 0 Å². The second-order valence-corrected chi connectivity index (χ2v) is 5.28. The van der Waals surface area contributed by atoms with E-state index in [4.69, 9.17) is 11.6 Å². The number of anilines is 1. The van der Waals surface area contributed by atoms with Crippen LogP contribution in [0, 0.1) is 5.82 Å². The van der Waals surface area contributed by atoms with Crippen LogP contribution in [0.3, 0.4) is 0 Å². The van der Waals surface area contributed by atoms with Crippen LogP contribution < -0.4 is 4.90 Å². The fourth-order valence-corrected chi connectivity index (χ4v) is 3.09. The zero-order valence-corrected chi connectivity index (χ0v) is 10.9. The molecule has 98 valence electrons. The summed E-state index contributed by atoms with van der Waals surface area (Å²) in [6, 6.07) is 0.528. The predicted octanol–water partition coefficient (Wildman–Crippen LogP) is 1.94. The van der Waals surface area contributed by atoms with Crippen molar-refractivity contribution < 1.29 is 4.39 Å². The molecule has 0 N–H and O–H groups in total. The van der Waals surface area contributed by atoms with E-state index in [1.54, 1.807) is 0 Å². The highest BCUT2D eigenvalue weighted by molar-refractivity contribution is 6.28. The molecular weight excluding hydrogens is 255 g/mol. The maximum atomic E-state index is 13.8. The first-order chi connectivity index (χ1) is 8.74. The summed E-state index contributed by atoms with van der Waals surface area (Å²) < 4.78 is 13.8. The number of halogens is 2. The summed E-state index contributed by atoms with van der Waals surface area (Å²) in [6.07, 6.45) is 4.63. The van der Waals surface area contributed by atoms with Crippen LogP contribution in [-0.4, -0.2) is 47.1 Å². The van der Waals surface area contributed by atoms with Gasteiger partial charge in [-0.2, -0.15) is 4.98 Å². The molecular formula is C12H16ClFN4. The van der Waals surface area contributed by atoms with Crippen LogP contribution in [0.1, 0.15) is 19.3 Å². The summed E-state index contributed by atoms with van der Waals surface area (Å²) in [5, 5.41) is 0.110. The summed E-state index contributed by atoms with van der Waals surface area (Å²) in [5.41, 5.74) is 0. The monoisotopic (exact) mass is 270 g/mol. The van der Waals surface area contributed by atoms with Crippen molar-refractivity contribution in [2.24, 2.45) is 0 Å². The van der Waals surface area contributed by atoms with Gasteiger partial charge in [0.15, 0.2) is 11.6 Å². The lowest BCUT2D eigenvalue weighted by Crippen LogP contribution is -2.37. The lowest BCUT2D eigenvalue weighted by molar-refractivity contribution is 0.273. The van der Waals surface area contributed by atoms with Gasteiger partial charge >= 0.3 is 0 Å². The molecule has 1 aromatic rings. The van der Waals surface area contributed by atoms with Gasteiger partial charge in [0.2, 0.25) is 5.28 Å². The molecule has 3 heterocycles. The summed E-state index contributed by atoms with van der Waals surface area (Å²) in [6.45, 7) is 3.94. The zero-order valence-electron chi connectivity index (χ0n) is 10.1. The van der Waals surface area contributed by atoms with Crippen molar-refractivity contribution in [3.8, 4) is 0 Å². The van der Waals surface area contributed by atoms with E-state index in [-0.39, 0.29) is 11.1 Å². The molecule has 2 aliphatic rings. The van der Waals surface area contributed by atoms with Crippen LogP contribution >= 0.6 is 11.6 Å². The van der Waals surface area contributed by atoms with Gasteiger partial charge in [-0.05, 0) is 37.4 Å². The Bertz CT molecular complexity index is 442. The third-order valence-electron chi connectivity index (χ3n) is 3.80. The quantitative estimate of drug-likeness (QED) is 0.730. The topological polar surface area (TPSA) is 32.3 Å². The third kappa shape index (κ3) is 2.29. The van der Waals surface area contributed by atoms with Crippen LogP contribution in [0.15, 0.2) is 6.20 Å². The molecule has 1 unspecified atom stereocenters. The molecule has 0 amide bonds. The Morgan fingerprint density at radius 2 is 2.11 bits per heavy atom. The lowest BCUT2D eigenvalue weighted by Gasteiger charge is -2.26. The Balaban J connectivity index is 1.84. The maximum absolute atomic E-state index is 13.8. The van der Waals surface area contributed by atoms with Gasteiger partial charge in [0, 0.05) is 25.7 Å². The first-order valence-electron chi connectivity index (χ1n) is 6.41. The molecule has 2 fully saturated rings. The first kappa shape index (κ1) is 12.1. The fraction of sp³-hybridized carbons (Fsp3) is 0.667. The standard InChI is InChI=1S/C12H16ClFN4/c13-12-15-7-10(14)11(16-12)18-6-2-5-17-4-1-3-9(17)8-18/h7,9H,1-6,8H2. The second-order valence-electron chi connectivity index (χ2n) is 4.94. The molecule has 1 aromatic heterocycles. The smallest absolute Gasteiger partial charge is 0.224 e. The van der Waals surface area contributed by atoms with E-state index in [2.05, 4.69) is 14.9 Å². The first-order valence-corrected chi connectivity index (χ1v) is 6.79. The van der Waals surface area contributed by atoms with E-state index in [1.807, 2.05) is 4.90 Å². The Kier molecular flexibility index (Phi) is 3.35. The predicted molar refractivity (Wildman–Crippen MR) is 68.4 cm³/mol. The van der Waals surface area contributed by atoms with Gasteiger partial charge in [-0.1, -0.05) is 0 Å². The van der Waals surface area contributed by atoms with Crippen molar-refractivity contribution in [1.29, 1.82) is 0 Å². The minimum Gasteiger partial charge on any atom is -0.352 e. The van der Waals surface area contributed by atoms with Crippen LogP contribution in [-0.2, 0) is 0 Å². The molecule has 2 saturated heterocycles. The minimum atomic E-state index is -0.383. The molecule has 0 spiro atoms. The van der Waals surface area contributed by atoms with Gasteiger partial charge in [0.05, 0.1) is 6.20 Å². The SMILES string of the molecule is Fc1cnc(Cl)nc1N1CCCN2CCCC2C1. The highest BCUT2D eigenvalue weighted by Gasteiger charge is 2.30. The molecule has 4 nitrogen and oxygen atoms in total. The number of rotatable bonds is 1. The van der Waals surface area contributed by atoms with Crippen LogP contribution in [0.4, 0.5) is 10.2 Å². The average molecular weight is 271 g/mol. The van der Waals surface area contributed by atoms with Crippen molar-refractivity contribution in [2.45, 2.75) is 25.3 Å². The summed E-state index contributed by atoms with van der Waals surface area (Å²) in [4.78, 5) is 12.2. The maximum Gasteiger partial charge on any atom is 0.224 e. The molecule has 6 heteroatoms. The van der Waals surface area contributed by atoms with E-state index >= 15 is 0 Å². The average Bonchev–Trinajstić information content (AvgIpc) is 2.70. The lowest BCUT2D eigenvalue weighted by atomic mass is 10.2. The van der Waals surface area contributed by atoms with E-state index in [0.717, 1.165) is 32.3 Å². The molecule has 1 atom stereocenters. The van der Waals surface area contributed by atoms with Crippen molar-refractivity contribution in [2.75, 3.05) is 31.1 Å². The van der Waals surface area contributed by atoms with E-state index in [1.165, 1.54) is 19.4 Å². The summed E-state index contributed by atoms with van der Waals surface area (Å²) in [7, 11) is 0. The van der Waals surface area contributed by atoms with Gasteiger partial charge in [-0.25, -0.2) is 9.37 Å². The number of aromatic nitrogens is 2.